The Kier molecular flexibility index (Phi) is 7.76. The van der Waals surface area contributed by atoms with E-state index in [0.717, 1.165) is 30.6 Å². The van der Waals surface area contributed by atoms with Crippen molar-refractivity contribution in [3.05, 3.63) is 35.4 Å². The quantitative estimate of drug-likeness (QED) is 0.523. The molecule has 0 saturated carbocycles. The standard InChI is InChI=1S/C20H31NO6/c1-12(2)8-9-21(3)11-14-6-4-13(5-7-14)10-15-16(22)17(23)18(24)19(27-15)20(25)26/h4-7,12,15-19,22-24H,8-11H2,1-3H3,(H,25,26). The predicted molar refractivity (Wildman–Crippen MR) is 100 cm³/mol. The molecule has 1 aliphatic heterocycles. The fourth-order valence-corrected chi connectivity index (χ4v) is 3.21. The second-order valence-electron chi connectivity index (χ2n) is 7.85. The van der Waals surface area contributed by atoms with E-state index in [2.05, 4.69) is 25.8 Å². The minimum absolute atomic E-state index is 0.248. The highest BCUT2D eigenvalue weighted by molar-refractivity contribution is 5.73. The molecule has 1 saturated heterocycles. The Balaban J connectivity index is 1.96. The number of aliphatic hydroxyl groups is 3. The van der Waals surface area contributed by atoms with Gasteiger partial charge in [-0.1, -0.05) is 38.1 Å². The van der Waals surface area contributed by atoms with Crippen LogP contribution in [0.25, 0.3) is 0 Å². The molecule has 4 N–H and O–H groups in total. The van der Waals surface area contributed by atoms with Crippen molar-refractivity contribution >= 4 is 5.97 Å². The first-order valence-electron chi connectivity index (χ1n) is 9.38. The van der Waals surface area contributed by atoms with E-state index in [1.54, 1.807) is 0 Å². The van der Waals surface area contributed by atoms with E-state index in [1.165, 1.54) is 0 Å². The topological polar surface area (TPSA) is 110 Å². The predicted octanol–water partition coefficient (Wildman–Crippen LogP) is 0.642. The van der Waals surface area contributed by atoms with Crippen LogP contribution < -0.4 is 0 Å². The third-order valence-corrected chi connectivity index (χ3v) is 4.96. The number of hydrogen-bond acceptors (Lipinski definition) is 6. The normalized spacial score (nSPS) is 28.7. The number of aliphatic hydroxyl groups excluding tert-OH is 3. The smallest absolute Gasteiger partial charge is 0.335 e. The zero-order valence-corrected chi connectivity index (χ0v) is 16.2. The molecule has 0 aromatic heterocycles. The van der Waals surface area contributed by atoms with E-state index in [4.69, 9.17) is 9.84 Å². The van der Waals surface area contributed by atoms with Crippen molar-refractivity contribution in [1.29, 1.82) is 0 Å². The third-order valence-electron chi connectivity index (χ3n) is 4.96. The number of hydrogen-bond donors (Lipinski definition) is 4. The van der Waals surface area contributed by atoms with Crippen LogP contribution in [-0.4, -0.2) is 75.4 Å². The summed E-state index contributed by atoms with van der Waals surface area (Å²) >= 11 is 0. The van der Waals surface area contributed by atoms with Crippen LogP contribution >= 0.6 is 0 Å². The first-order chi connectivity index (χ1) is 12.7. The van der Waals surface area contributed by atoms with Gasteiger partial charge in [0.15, 0.2) is 6.10 Å². The van der Waals surface area contributed by atoms with Gasteiger partial charge < -0.3 is 30.1 Å². The van der Waals surface area contributed by atoms with Crippen molar-refractivity contribution in [3.8, 4) is 0 Å². The van der Waals surface area contributed by atoms with Gasteiger partial charge in [-0.25, -0.2) is 4.79 Å². The molecule has 0 amide bonds. The molecule has 1 aliphatic rings. The van der Waals surface area contributed by atoms with E-state index >= 15 is 0 Å². The van der Waals surface area contributed by atoms with Crippen molar-refractivity contribution < 1.29 is 30.0 Å². The molecule has 2 rings (SSSR count). The van der Waals surface area contributed by atoms with Crippen molar-refractivity contribution in [3.63, 3.8) is 0 Å². The van der Waals surface area contributed by atoms with E-state index in [9.17, 15) is 20.1 Å². The lowest BCUT2D eigenvalue weighted by Crippen LogP contribution is -2.60. The third kappa shape index (κ3) is 5.99. The highest BCUT2D eigenvalue weighted by Crippen LogP contribution is 2.24. The molecule has 7 nitrogen and oxygen atoms in total. The number of rotatable bonds is 8. The van der Waals surface area contributed by atoms with Gasteiger partial charge in [0.1, 0.15) is 18.3 Å². The number of benzene rings is 1. The van der Waals surface area contributed by atoms with Gasteiger partial charge in [0.2, 0.25) is 0 Å². The summed E-state index contributed by atoms with van der Waals surface area (Å²) in [6, 6.07) is 7.82. The largest absolute Gasteiger partial charge is 0.479 e. The molecule has 1 aromatic rings. The summed E-state index contributed by atoms with van der Waals surface area (Å²) in [6.07, 6.45) is -5.62. The summed E-state index contributed by atoms with van der Waals surface area (Å²) in [5, 5.41) is 38.9. The highest BCUT2D eigenvalue weighted by Gasteiger charge is 2.46. The van der Waals surface area contributed by atoms with Crippen LogP contribution in [0, 0.1) is 5.92 Å². The summed E-state index contributed by atoms with van der Waals surface area (Å²) in [4.78, 5) is 13.4. The Labute approximate surface area is 160 Å². The molecular weight excluding hydrogens is 350 g/mol. The van der Waals surface area contributed by atoms with E-state index < -0.39 is 36.5 Å². The van der Waals surface area contributed by atoms with Gasteiger partial charge in [0.05, 0.1) is 6.10 Å². The van der Waals surface area contributed by atoms with Crippen molar-refractivity contribution in [2.24, 2.45) is 5.92 Å². The van der Waals surface area contributed by atoms with Crippen LogP contribution in [0.15, 0.2) is 24.3 Å². The SMILES string of the molecule is CC(C)CCN(C)Cc1ccc(CC2OC(C(=O)O)C(O)C(O)C2O)cc1. The molecule has 7 heteroatoms. The molecule has 5 atom stereocenters. The summed E-state index contributed by atoms with van der Waals surface area (Å²) in [6.45, 7) is 6.27. The summed E-state index contributed by atoms with van der Waals surface area (Å²) in [5.41, 5.74) is 2.02. The molecule has 1 heterocycles. The molecule has 5 unspecified atom stereocenters. The number of carboxylic acids is 1. The van der Waals surface area contributed by atoms with Gasteiger partial charge in [0.25, 0.3) is 0 Å². The van der Waals surface area contributed by atoms with Gasteiger partial charge in [-0.3, -0.25) is 0 Å². The van der Waals surface area contributed by atoms with E-state index in [-0.39, 0.29) is 6.42 Å². The Hall–Kier alpha value is -1.51. The van der Waals surface area contributed by atoms with Gasteiger partial charge in [-0.2, -0.15) is 0 Å². The summed E-state index contributed by atoms with van der Waals surface area (Å²) < 4.78 is 5.33. The molecular formula is C20H31NO6. The van der Waals surface area contributed by atoms with Crippen LogP contribution in [0.5, 0.6) is 0 Å². The monoisotopic (exact) mass is 381 g/mol. The highest BCUT2D eigenvalue weighted by atomic mass is 16.6. The fraction of sp³-hybridized carbons (Fsp3) is 0.650. The van der Waals surface area contributed by atoms with Crippen molar-refractivity contribution in [2.45, 2.75) is 63.8 Å². The molecule has 0 bridgehead atoms. The molecule has 0 spiro atoms. The maximum absolute atomic E-state index is 11.2. The number of carboxylic acid groups (broad SMARTS) is 1. The number of carbonyl (C=O) groups is 1. The number of aliphatic carboxylic acids is 1. The summed E-state index contributed by atoms with van der Waals surface area (Å²) in [5.74, 6) is -0.696. The second-order valence-corrected chi connectivity index (χ2v) is 7.85. The average Bonchev–Trinajstić information content (AvgIpc) is 2.61. The Morgan fingerprint density at radius 3 is 2.22 bits per heavy atom. The first-order valence-corrected chi connectivity index (χ1v) is 9.38. The van der Waals surface area contributed by atoms with Crippen molar-refractivity contribution in [1.82, 2.24) is 4.90 Å². The first kappa shape index (κ1) is 21.8. The molecule has 0 radical (unpaired) electrons. The van der Waals surface area contributed by atoms with Gasteiger partial charge in [-0.05, 0) is 37.1 Å². The maximum atomic E-state index is 11.2. The van der Waals surface area contributed by atoms with Crippen LogP contribution in [0.3, 0.4) is 0 Å². The average molecular weight is 381 g/mol. The minimum atomic E-state index is -1.66. The fourth-order valence-electron chi connectivity index (χ4n) is 3.21. The van der Waals surface area contributed by atoms with Gasteiger partial charge in [-0.15, -0.1) is 0 Å². The van der Waals surface area contributed by atoms with Crippen LogP contribution in [0.1, 0.15) is 31.4 Å². The maximum Gasteiger partial charge on any atom is 0.335 e. The van der Waals surface area contributed by atoms with Crippen LogP contribution in [0.4, 0.5) is 0 Å². The zero-order chi connectivity index (χ0) is 20.1. The molecule has 27 heavy (non-hydrogen) atoms. The molecule has 152 valence electrons. The van der Waals surface area contributed by atoms with Crippen LogP contribution in [0.2, 0.25) is 0 Å². The number of nitrogens with zero attached hydrogens (tertiary/aromatic N) is 1. The van der Waals surface area contributed by atoms with Gasteiger partial charge in [0, 0.05) is 13.0 Å². The van der Waals surface area contributed by atoms with E-state index in [1.807, 2.05) is 24.3 Å². The Bertz CT molecular complexity index is 605. The van der Waals surface area contributed by atoms with E-state index in [0.29, 0.717) is 5.92 Å². The van der Waals surface area contributed by atoms with Crippen molar-refractivity contribution in [2.75, 3.05) is 13.6 Å². The number of ether oxygens (including phenoxy) is 1. The molecule has 1 fully saturated rings. The zero-order valence-electron chi connectivity index (χ0n) is 16.2. The molecule has 0 aliphatic carbocycles. The Morgan fingerprint density at radius 1 is 1.07 bits per heavy atom. The summed E-state index contributed by atoms with van der Waals surface area (Å²) in [7, 11) is 2.08. The van der Waals surface area contributed by atoms with Crippen LogP contribution in [-0.2, 0) is 22.5 Å². The lowest BCUT2D eigenvalue weighted by molar-refractivity contribution is -0.227. The minimum Gasteiger partial charge on any atom is -0.479 e. The molecule has 1 aromatic carbocycles. The Morgan fingerprint density at radius 2 is 1.67 bits per heavy atom. The van der Waals surface area contributed by atoms with Gasteiger partial charge >= 0.3 is 5.97 Å². The lowest BCUT2D eigenvalue weighted by atomic mass is 9.91. The second kappa shape index (κ2) is 9.61. The lowest BCUT2D eigenvalue weighted by Gasteiger charge is -2.39.